The predicted molar refractivity (Wildman–Crippen MR) is 156 cm³/mol. The summed E-state index contributed by atoms with van der Waals surface area (Å²) in [6, 6.07) is 27.3. The van der Waals surface area contributed by atoms with Gasteiger partial charge in [0.05, 0.1) is 0 Å². The third-order valence-corrected chi connectivity index (χ3v) is 8.77. The van der Waals surface area contributed by atoms with Gasteiger partial charge in [0.15, 0.2) is 0 Å². The Morgan fingerprint density at radius 2 is 1.28 bits per heavy atom. The van der Waals surface area contributed by atoms with Crippen molar-refractivity contribution in [2.24, 2.45) is 0 Å². The normalized spacial score (nSPS) is 15.5. The molecule has 3 heteroatoms. The zero-order valence-electron chi connectivity index (χ0n) is 22.0. The average Bonchev–Trinajstić information content (AvgIpc) is 2.93. The molecule has 0 aliphatic carbocycles. The van der Waals surface area contributed by atoms with Crippen LogP contribution in [-0.4, -0.2) is 31.1 Å². The molecule has 2 aliphatic heterocycles. The summed E-state index contributed by atoms with van der Waals surface area (Å²) in [5, 5.41) is 0. The van der Waals surface area contributed by atoms with E-state index < -0.39 is 0 Å². The number of benzene rings is 3. The van der Waals surface area contributed by atoms with Crippen molar-refractivity contribution in [1.29, 1.82) is 0 Å². The standard InChI is InChI=1S/C33H40N2S/c1-3-5-21-35(22-6-4-2)28-17-15-26(16-18-28)25-34-23-19-27(20-24-34)33-29-11-7-9-13-31(29)36-32-14-10-8-12-30(32)33/h7-18H,3-6,19-25H2,1-2H3. The largest absolute Gasteiger partial charge is 0.372 e. The van der Waals surface area contributed by atoms with Crippen molar-refractivity contribution in [1.82, 2.24) is 4.90 Å². The molecule has 5 rings (SSSR count). The molecule has 0 unspecified atom stereocenters. The van der Waals surface area contributed by atoms with Crippen LogP contribution in [0.3, 0.4) is 0 Å². The summed E-state index contributed by atoms with van der Waals surface area (Å²) >= 11 is 1.92. The smallest absolute Gasteiger partial charge is 0.0366 e. The number of anilines is 1. The van der Waals surface area contributed by atoms with E-state index in [4.69, 9.17) is 0 Å². The van der Waals surface area contributed by atoms with Gasteiger partial charge < -0.3 is 4.90 Å². The lowest BCUT2D eigenvalue weighted by Crippen LogP contribution is -2.30. The molecule has 0 N–H and O–H groups in total. The van der Waals surface area contributed by atoms with Gasteiger partial charge in [-0.1, -0.05) is 92.6 Å². The second kappa shape index (κ2) is 12.2. The van der Waals surface area contributed by atoms with Crippen molar-refractivity contribution in [2.45, 2.75) is 68.7 Å². The maximum atomic E-state index is 2.64. The van der Waals surface area contributed by atoms with E-state index in [1.54, 1.807) is 5.57 Å². The molecule has 36 heavy (non-hydrogen) atoms. The summed E-state index contributed by atoms with van der Waals surface area (Å²) in [6.45, 7) is 10.2. The third-order valence-electron chi connectivity index (χ3n) is 7.62. The molecule has 0 saturated carbocycles. The molecule has 0 radical (unpaired) electrons. The highest BCUT2D eigenvalue weighted by atomic mass is 32.2. The quantitative estimate of drug-likeness (QED) is 0.229. The van der Waals surface area contributed by atoms with Crippen LogP contribution in [0.4, 0.5) is 5.69 Å². The highest BCUT2D eigenvalue weighted by Crippen LogP contribution is 2.47. The van der Waals surface area contributed by atoms with E-state index in [-0.39, 0.29) is 0 Å². The number of rotatable bonds is 9. The molecule has 1 saturated heterocycles. The fourth-order valence-electron chi connectivity index (χ4n) is 5.54. The van der Waals surface area contributed by atoms with Gasteiger partial charge in [0.1, 0.15) is 0 Å². The Morgan fingerprint density at radius 3 is 1.83 bits per heavy atom. The Bertz CT molecular complexity index is 1110. The van der Waals surface area contributed by atoms with Crippen molar-refractivity contribution in [3.63, 3.8) is 0 Å². The van der Waals surface area contributed by atoms with Crippen LogP contribution in [0.2, 0.25) is 0 Å². The zero-order chi connectivity index (χ0) is 24.7. The Morgan fingerprint density at radius 1 is 0.722 bits per heavy atom. The topological polar surface area (TPSA) is 6.48 Å². The molecule has 2 aliphatic rings. The predicted octanol–water partition coefficient (Wildman–Crippen LogP) is 8.66. The van der Waals surface area contributed by atoms with E-state index in [1.165, 1.54) is 76.5 Å². The maximum Gasteiger partial charge on any atom is 0.0366 e. The molecule has 0 spiro atoms. The molecule has 1 fully saturated rings. The Labute approximate surface area is 222 Å². The number of hydrogen-bond donors (Lipinski definition) is 0. The van der Waals surface area contributed by atoms with Crippen LogP contribution in [0, 0.1) is 0 Å². The molecule has 0 bridgehead atoms. The minimum absolute atomic E-state index is 1.05. The first-order valence-electron chi connectivity index (χ1n) is 13.9. The number of fused-ring (bicyclic) bond motifs is 2. The number of hydrogen-bond acceptors (Lipinski definition) is 3. The number of unbranched alkanes of at least 4 members (excludes halogenated alkanes) is 2. The molecular weight excluding hydrogens is 456 g/mol. The second-order valence-corrected chi connectivity index (χ2v) is 11.3. The zero-order valence-corrected chi connectivity index (χ0v) is 22.8. The lowest BCUT2D eigenvalue weighted by Gasteiger charge is -2.32. The van der Waals surface area contributed by atoms with Crippen LogP contribution in [-0.2, 0) is 6.54 Å². The molecule has 2 nitrogen and oxygen atoms in total. The van der Waals surface area contributed by atoms with Gasteiger partial charge in [-0.05, 0) is 72.2 Å². The fraction of sp³-hybridized carbons (Fsp3) is 0.394. The van der Waals surface area contributed by atoms with Gasteiger partial charge >= 0.3 is 0 Å². The Kier molecular flexibility index (Phi) is 8.51. The van der Waals surface area contributed by atoms with Gasteiger partial charge in [-0.2, -0.15) is 0 Å². The first kappa shape index (κ1) is 25.2. The van der Waals surface area contributed by atoms with Gasteiger partial charge in [-0.25, -0.2) is 0 Å². The highest BCUT2D eigenvalue weighted by molar-refractivity contribution is 7.99. The minimum Gasteiger partial charge on any atom is -0.372 e. The first-order valence-corrected chi connectivity index (χ1v) is 14.7. The van der Waals surface area contributed by atoms with Gasteiger partial charge in [0.2, 0.25) is 0 Å². The summed E-state index contributed by atoms with van der Waals surface area (Å²) in [5.41, 5.74) is 8.81. The maximum absolute atomic E-state index is 2.64. The number of nitrogens with zero attached hydrogens (tertiary/aromatic N) is 2. The van der Waals surface area contributed by atoms with E-state index in [1.807, 2.05) is 11.8 Å². The SMILES string of the molecule is CCCCN(CCCC)c1ccc(CN2CCC(=C3c4ccccc4Sc4ccccc43)CC2)cc1. The van der Waals surface area contributed by atoms with Crippen molar-refractivity contribution in [3.05, 3.63) is 95.1 Å². The average molecular weight is 497 g/mol. The van der Waals surface area contributed by atoms with E-state index in [0.717, 1.165) is 32.5 Å². The van der Waals surface area contributed by atoms with Gasteiger partial charge in [-0.3, -0.25) is 4.90 Å². The van der Waals surface area contributed by atoms with Crippen LogP contribution in [0.1, 0.15) is 69.1 Å². The van der Waals surface area contributed by atoms with Gasteiger partial charge in [0, 0.05) is 48.2 Å². The monoisotopic (exact) mass is 496 g/mol. The first-order chi connectivity index (χ1) is 17.8. The summed E-state index contributed by atoms with van der Waals surface area (Å²) < 4.78 is 0. The number of piperidine rings is 1. The van der Waals surface area contributed by atoms with Crippen LogP contribution >= 0.6 is 11.8 Å². The molecule has 188 valence electrons. The van der Waals surface area contributed by atoms with Crippen LogP contribution in [0.15, 0.2) is 88.2 Å². The Hall–Kier alpha value is -2.49. The molecule has 0 aromatic heterocycles. The summed E-state index contributed by atoms with van der Waals surface area (Å²) in [5.74, 6) is 0. The van der Waals surface area contributed by atoms with Crippen molar-refractivity contribution < 1.29 is 0 Å². The van der Waals surface area contributed by atoms with Crippen LogP contribution in [0.5, 0.6) is 0 Å². The molecule has 0 atom stereocenters. The van der Waals surface area contributed by atoms with Crippen molar-refractivity contribution >= 4 is 23.0 Å². The lowest BCUT2D eigenvalue weighted by atomic mass is 9.88. The summed E-state index contributed by atoms with van der Waals surface area (Å²) in [7, 11) is 0. The van der Waals surface area contributed by atoms with Crippen molar-refractivity contribution in [3.8, 4) is 0 Å². The van der Waals surface area contributed by atoms with Crippen molar-refractivity contribution in [2.75, 3.05) is 31.1 Å². The highest BCUT2D eigenvalue weighted by Gasteiger charge is 2.25. The third kappa shape index (κ3) is 5.74. The van der Waals surface area contributed by atoms with Crippen LogP contribution in [0.25, 0.3) is 5.57 Å². The summed E-state index contributed by atoms with van der Waals surface area (Å²) in [6.07, 6.45) is 7.36. The molecular formula is C33H40N2S. The lowest BCUT2D eigenvalue weighted by molar-refractivity contribution is 0.248. The van der Waals surface area contributed by atoms with E-state index >= 15 is 0 Å². The molecule has 3 aromatic carbocycles. The van der Waals surface area contributed by atoms with E-state index in [2.05, 4.69) is 96.4 Å². The second-order valence-electron chi connectivity index (χ2n) is 10.2. The van der Waals surface area contributed by atoms with Crippen LogP contribution < -0.4 is 4.90 Å². The molecule has 2 heterocycles. The fourth-order valence-corrected chi connectivity index (χ4v) is 6.63. The van der Waals surface area contributed by atoms with Gasteiger partial charge in [-0.15, -0.1) is 0 Å². The Balaban J connectivity index is 1.27. The molecule has 0 amide bonds. The van der Waals surface area contributed by atoms with Gasteiger partial charge in [0.25, 0.3) is 0 Å². The van der Waals surface area contributed by atoms with E-state index in [0.29, 0.717) is 0 Å². The van der Waals surface area contributed by atoms with E-state index in [9.17, 15) is 0 Å². The summed E-state index contributed by atoms with van der Waals surface area (Å²) in [4.78, 5) is 8.01. The molecule has 3 aromatic rings. The number of likely N-dealkylation sites (tertiary alicyclic amines) is 1. The minimum atomic E-state index is 1.05.